The molecule has 0 spiro atoms. The van der Waals surface area contributed by atoms with Crippen LogP contribution in [0.1, 0.15) is 22.3 Å². The van der Waals surface area contributed by atoms with Crippen molar-refractivity contribution in [2.75, 3.05) is 5.32 Å². The molecular formula is C41H31F4N3O5S3. The Morgan fingerprint density at radius 1 is 0.643 bits per heavy atom. The molecule has 1 aliphatic carbocycles. The molecule has 0 saturated carbocycles. The van der Waals surface area contributed by atoms with E-state index < -0.39 is 58.0 Å². The van der Waals surface area contributed by atoms with E-state index in [0.717, 1.165) is 39.7 Å². The zero-order valence-corrected chi connectivity index (χ0v) is 32.5. The van der Waals surface area contributed by atoms with Gasteiger partial charge < -0.3 is 9.73 Å². The van der Waals surface area contributed by atoms with E-state index in [1.54, 1.807) is 36.4 Å². The molecule has 56 heavy (non-hydrogen) atoms. The summed E-state index contributed by atoms with van der Waals surface area (Å²) in [6.45, 7) is 7.80. The van der Waals surface area contributed by atoms with Crippen LogP contribution in [0.3, 0.4) is 0 Å². The number of nitrogens with zero attached hydrogens (tertiary/aromatic N) is 1. The Morgan fingerprint density at radius 3 is 1.89 bits per heavy atom. The number of sulfonamides is 2. The van der Waals surface area contributed by atoms with Gasteiger partial charge in [-0.3, -0.25) is 0 Å². The third-order valence-corrected chi connectivity index (χ3v) is 13.2. The molecule has 0 aromatic heterocycles. The number of halogens is 4. The fourth-order valence-electron chi connectivity index (χ4n) is 6.56. The molecule has 2 N–H and O–H groups in total. The van der Waals surface area contributed by atoms with Crippen molar-refractivity contribution in [2.45, 2.75) is 42.4 Å². The van der Waals surface area contributed by atoms with Crippen molar-refractivity contribution in [3.05, 3.63) is 148 Å². The summed E-state index contributed by atoms with van der Waals surface area (Å²) < 4.78 is 121. The molecule has 0 bridgehead atoms. The zero-order chi connectivity index (χ0) is 40.3. The van der Waals surface area contributed by atoms with Crippen LogP contribution in [0.15, 0.2) is 121 Å². The first kappa shape index (κ1) is 38.8. The average Bonchev–Trinajstić information content (AvgIpc) is 3.14. The van der Waals surface area contributed by atoms with Crippen molar-refractivity contribution in [2.24, 2.45) is 4.99 Å². The number of benzene rings is 6. The fraction of sp³-hybridized carbons (Fsp3) is 0.0976. The Hall–Kier alpha value is -5.48. The highest BCUT2D eigenvalue weighted by atomic mass is 32.3. The van der Waals surface area contributed by atoms with Gasteiger partial charge in [0.2, 0.25) is 0 Å². The largest absolute Gasteiger partial charge is 0.456 e. The van der Waals surface area contributed by atoms with Gasteiger partial charge in [-0.15, -0.1) is 16.8 Å². The monoisotopic (exact) mass is 817 g/mol. The highest BCUT2D eigenvalue weighted by Gasteiger charge is 2.36. The van der Waals surface area contributed by atoms with E-state index in [0.29, 0.717) is 38.9 Å². The first-order valence-electron chi connectivity index (χ1n) is 16.9. The minimum absolute atomic E-state index is 0.0279. The van der Waals surface area contributed by atoms with E-state index in [9.17, 15) is 34.4 Å². The highest BCUT2D eigenvalue weighted by molar-refractivity contribution is 8.04. The molecule has 7 rings (SSSR count). The second kappa shape index (κ2) is 14.5. The highest BCUT2D eigenvalue weighted by Crippen LogP contribution is 2.43. The molecule has 1 aliphatic heterocycles. The molecule has 15 heteroatoms. The summed E-state index contributed by atoms with van der Waals surface area (Å²) in [7, 11) is -11.1. The van der Waals surface area contributed by atoms with Gasteiger partial charge in [0, 0.05) is 45.6 Å². The third-order valence-electron chi connectivity index (χ3n) is 9.27. The topological polar surface area (TPSA) is 118 Å². The van der Waals surface area contributed by atoms with E-state index in [1.807, 2.05) is 64.1 Å². The van der Waals surface area contributed by atoms with E-state index >= 15 is 0 Å². The second-order valence-electron chi connectivity index (χ2n) is 13.1. The molecule has 286 valence electrons. The number of thiol groups is 1. The lowest BCUT2D eigenvalue weighted by Crippen LogP contribution is -2.33. The Kier molecular flexibility index (Phi) is 10.1. The van der Waals surface area contributed by atoms with Crippen molar-refractivity contribution in [1.82, 2.24) is 4.13 Å². The number of para-hydroxylation sites is 2. The van der Waals surface area contributed by atoms with E-state index in [4.69, 9.17) is 9.41 Å². The van der Waals surface area contributed by atoms with Crippen molar-refractivity contribution in [3.8, 4) is 22.5 Å². The predicted octanol–water partition coefficient (Wildman–Crippen LogP) is 9.93. The lowest BCUT2D eigenvalue weighted by molar-refractivity contribution is 0.395. The number of anilines is 2. The molecule has 0 atom stereocenters. The molecule has 0 amide bonds. The number of hydrogen-bond donors (Lipinski definition) is 3. The molecule has 2 aliphatic rings. The van der Waals surface area contributed by atoms with Gasteiger partial charge >= 0.3 is 0 Å². The maximum Gasteiger partial charge on any atom is 0.259 e. The van der Waals surface area contributed by atoms with Gasteiger partial charge in [-0.25, -0.2) is 39.4 Å². The predicted molar refractivity (Wildman–Crippen MR) is 210 cm³/mol. The maximum absolute atomic E-state index is 14.8. The average molecular weight is 818 g/mol. The van der Waals surface area contributed by atoms with E-state index in [-0.39, 0.29) is 5.56 Å². The summed E-state index contributed by atoms with van der Waals surface area (Å²) in [6, 6.07) is 27.3. The minimum Gasteiger partial charge on any atom is -0.456 e. The van der Waals surface area contributed by atoms with Crippen molar-refractivity contribution in [1.29, 1.82) is 0 Å². The number of nitrogens with one attached hydrogen (secondary N) is 2. The molecule has 1 heterocycles. The van der Waals surface area contributed by atoms with E-state index in [1.165, 1.54) is 22.3 Å². The van der Waals surface area contributed by atoms with Crippen LogP contribution < -0.4 is 14.8 Å². The Bertz CT molecular complexity index is 2950. The molecular weight excluding hydrogens is 787 g/mol. The summed E-state index contributed by atoms with van der Waals surface area (Å²) in [6.07, 6.45) is 0. The van der Waals surface area contributed by atoms with Crippen LogP contribution >= 0.6 is 12.6 Å². The van der Waals surface area contributed by atoms with Crippen LogP contribution in [0.4, 0.5) is 34.6 Å². The maximum atomic E-state index is 14.8. The third kappa shape index (κ3) is 6.95. The molecule has 0 radical (unpaired) electrons. The minimum atomic E-state index is -5.80. The fourth-order valence-corrected chi connectivity index (χ4v) is 9.97. The number of aryl methyl sites for hydroxylation is 4. The Labute approximate surface area is 325 Å². The number of rotatable bonds is 8. The molecule has 0 fully saturated rings. The molecule has 5 aromatic rings. The van der Waals surface area contributed by atoms with Gasteiger partial charge in [0.25, 0.3) is 20.0 Å². The normalized spacial score (nSPS) is 12.5. The van der Waals surface area contributed by atoms with Gasteiger partial charge in [0.05, 0.1) is 20.8 Å². The first-order chi connectivity index (χ1) is 26.5. The van der Waals surface area contributed by atoms with Crippen LogP contribution in [-0.2, 0) is 20.0 Å². The Morgan fingerprint density at radius 2 is 1.25 bits per heavy atom. The molecule has 5 aromatic carbocycles. The van der Waals surface area contributed by atoms with Crippen LogP contribution in [0.2, 0.25) is 0 Å². The summed E-state index contributed by atoms with van der Waals surface area (Å²) >= 11 is 3.35. The second-order valence-corrected chi connectivity index (χ2v) is 17.1. The first-order valence-corrected chi connectivity index (χ1v) is 20.3. The van der Waals surface area contributed by atoms with Gasteiger partial charge in [-0.1, -0.05) is 54.6 Å². The SMILES string of the molecule is Cc1cccc(C)c1N=c1ccc2c(-c3ccccc3S(=O)(=O)NS(=O)(=O)c3c(F)c(F)c(S)c(F)c3F)c3ccc(Nc4c(C)cccc4C)cc3oc-2c1. The summed E-state index contributed by atoms with van der Waals surface area (Å²) in [5.41, 5.74) is 7.13. The Balaban J connectivity index is 1.45. The van der Waals surface area contributed by atoms with Gasteiger partial charge in [0.15, 0.2) is 28.2 Å². The van der Waals surface area contributed by atoms with Gasteiger partial charge in [0.1, 0.15) is 11.3 Å². The summed E-state index contributed by atoms with van der Waals surface area (Å²) in [4.78, 5) is 0.646. The van der Waals surface area contributed by atoms with Gasteiger partial charge in [-0.2, -0.15) is 0 Å². The molecule has 0 saturated heterocycles. The quantitative estimate of drug-likeness (QED) is 0.0609. The van der Waals surface area contributed by atoms with Crippen LogP contribution in [0.5, 0.6) is 0 Å². The molecule has 0 unspecified atom stereocenters. The summed E-state index contributed by atoms with van der Waals surface area (Å²) in [5, 5.41) is 4.37. The lowest BCUT2D eigenvalue weighted by atomic mass is 9.93. The molecule has 8 nitrogen and oxygen atoms in total. The number of fused-ring (bicyclic) bond motifs is 2. The lowest BCUT2D eigenvalue weighted by Gasteiger charge is -2.19. The number of hydrogen-bond acceptors (Lipinski definition) is 8. The van der Waals surface area contributed by atoms with Crippen LogP contribution in [0.25, 0.3) is 33.4 Å². The van der Waals surface area contributed by atoms with Crippen molar-refractivity contribution >= 4 is 60.7 Å². The van der Waals surface area contributed by atoms with E-state index in [2.05, 4.69) is 17.9 Å². The van der Waals surface area contributed by atoms with Crippen molar-refractivity contribution in [3.63, 3.8) is 0 Å². The van der Waals surface area contributed by atoms with Gasteiger partial charge in [-0.05, 0) is 80.3 Å². The van der Waals surface area contributed by atoms with Crippen LogP contribution in [0, 0.1) is 51.0 Å². The van der Waals surface area contributed by atoms with Crippen LogP contribution in [-0.4, -0.2) is 16.8 Å². The van der Waals surface area contributed by atoms with Crippen molar-refractivity contribution < 1.29 is 38.8 Å². The zero-order valence-electron chi connectivity index (χ0n) is 30.0. The standard InChI is InChI=1S/C41H31F4N3O5S3/c1-21-9-7-10-22(2)38(21)46-25-15-17-27-30(19-25)53-31-20-26(47-39-23(3)11-8-12-24(39)4)16-18-28(31)33(27)29-13-5-6-14-32(29)55(49,50)48-56(51,52)41-36(44)34(42)40(54)35(43)37(41)45/h5-20,46,48,54H,1-4H3. The smallest absolute Gasteiger partial charge is 0.259 e. The summed E-state index contributed by atoms with van der Waals surface area (Å²) in [5.74, 6) is -8.64.